The van der Waals surface area contributed by atoms with E-state index < -0.39 is 0 Å². The Morgan fingerprint density at radius 2 is 1.62 bits per heavy atom. The largest absolute Gasteiger partial charge is 0.126 e. The zero-order valence-electron chi connectivity index (χ0n) is 12.3. The molecule has 0 radical (unpaired) electrons. The number of benzene rings is 2. The molecule has 2 aromatic carbocycles. The van der Waals surface area contributed by atoms with Crippen molar-refractivity contribution in [2.24, 2.45) is 0 Å². The Morgan fingerprint density at radius 1 is 0.952 bits per heavy atom. The fourth-order valence-corrected chi connectivity index (χ4v) is 4.03. The molecule has 3 heteroatoms. The van der Waals surface area contributed by atoms with Gasteiger partial charge < -0.3 is 0 Å². The molecule has 0 atom stereocenters. The molecule has 0 amide bonds. The third kappa shape index (κ3) is 3.64. The molecule has 0 bridgehead atoms. The summed E-state index contributed by atoms with van der Waals surface area (Å²) < 4.78 is 1.06. The van der Waals surface area contributed by atoms with Crippen LogP contribution in [-0.4, -0.2) is 11.8 Å². The van der Waals surface area contributed by atoms with Crippen molar-refractivity contribution in [3.8, 4) is 0 Å². The first kappa shape index (κ1) is 16.9. The first-order valence-corrected chi connectivity index (χ1v) is 8.82. The molecule has 0 nitrogen and oxygen atoms in total. The standard InChI is InChI=1S/C18H19BrCl2/c1-13-7-8-15(9-14(13)2)10-18(11-20,12-21)16-5-3-4-6-17(16)19/h3-9H,10-12H2,1-2H3. The van der Waals surface area contributed by atoms with Gasteiger partial charge in [-0.05, 0) is 48.6 Å². The van der Waals surface area contributed by atoms with Crippen LogP contribution in [0.4, 0.5) is 0 Å². The van der Waals surface area contributed by atoms with Crippen LogP contribution in [0, 0.1) is 13.8 Å². The van der Waals surface area contributed by atoms with Gasteiger partial charge in [0.05, 0.1) is 0 Å². The third-order valence-electron chi connectivity index (χ3n) is 4.07. The molecule has 0 saturated heterocycles. The molecule has 0 aromatic heterocycles. The second-order valence-corrected chi connectivity index (χ2v) is 7.01. The summed E-state index contributed by atoms with van der Waals surface area (Å²) in [5.74, 6) is 0.984. The van der Waals surface area contributed by atoms with E-state index in [0.717, 1.165) is 10.9 Å². The van der Waals surface area contributed by atoms with E-state index in [-0.39, 0.29) is 5.41 Å². The Bertz CT molecular complexity index is 618. The highest BCUT2D eigenvalue weighted by Gasteiger charge is 2.32. The Labute approximate surface area is 145 Å². The van der Waals surface area contributed by atoms with Crippen LogP contribution in [0.25, 0.3) is 0 Å². The van der Waals surface area contributed by atoms with Gasteiger partial charge in [0.2, 0.25) is 0 Å². The van der Waals surface area contributed by atoms with Crippen molar-refractivity contribution >= 4 is 39.1 Å². The smallest absolute Gasteiger partial charge is 0.0335 e. The second-order valence-electron chi connectivity index (χ2n) is 5.62. The highest BCUT2D eigenvalue weighted by molar-refractivity contribution is 9.10. The van der Waals surface area contributed by atoms with E-state index in [0.29, 0.717) is 11.8 Å². The maximum Gasteiger partial charge on any atom is 0.0335 e. The highest BCUT2D eigenvalue weighted by Crippen LogP contribution is 2.36. The maximum absolute atomic E-state index is 6.35. The first-order valence-electron chi connectivity index (χ1n) is 6.95. The van der Waals surface area contributed by atoms with Gasteiger partial charge in [-0.15, -0.1) is 23.2 Å². The quantitative estimate of drug-likeness (QED) is 0.551. The molecule has 0 fully saturated rings. The molecule has 2 aromatic rings. The van der Waals surface area contributed by atoms with Gasteiger partial charge >= 0.3 is 0 Å². The lowest BCUT2D eigenvalue weighted by atomic mass is 9.78. The zero-order chi connectivity index (χ0) is 15.5. The van der Waals surface area contributed by atoms with Crippen LogP contribution < -0.4 is 0 Å². The van der Waals surface area contributed by atoms with Gasteiger partial charge in [0.1, 0.15) is 0 Å². The summed E-state index contributed by atoms with van der Waals surface area (Å²) in [4.78, 5) is 0. The molecular weight excluding hydrogens is 367 g/mol. The number of hydrogen-bond donors (Lipinski definition) is 0. The van der Waals surface area contributed by atoms with Crippen molar-refractivity contribution in [3.05, 3.63) is 69.2 Å². The first-order chi connectivity index (χ1) is 10.0. The minimum atomic E-state index is -0.259. The van der Waals surface area contributed by atoms with E-state index in [4.69, 9.17) is 23.2 Å². The van der Waals surface area contributed by atoms with Crippen LogP contribution in [0.5, 0.6) is 0 Å². The van der Waals surface area contributed by atoms with E-state index in [9.17, 15) is 0 Å². The molecule has 0 heterocycles. The van der Waals surface area contributed by atoms with Gasteiger partial charge in [0.15, 0.2) is 0 Å². The number of aryl methyl sites for hydroxylation is 2. The van der Waals surface area contributed by atoms with Crippen LogP contribution in [0.2, 0.25) is 0 Å². The average molecular weight is 386 g/mol. The van der Waals surface area contributed by atoms with E-state index in [1.54, 1.807) is 0 Å². The lowest BCUT2D eigenvalue weighted by Crippen LogP contribution is -2.33. The topological polar surface area (TPSA) is 0 Å². The van der Waals surface area contributed by atoms with Gasteiger partial charge in [-0.25, -0.2) is 0 Å². The Hall–Kier alpha value is -0.500. The summed E-state index contributed by atoms with van der Waals surface area (Å²) in [6, 6.07) is 14.8. The van der Waals surface area contributed by atoms with Crippen molar-refractivity contribution in [2.45, 2.75) is 25.7 Å². The second kappa shape index (κ2) is 7.17. The number of alkyl halides is 2. The molecule has 2 rings (SSSR count). The lowest BCUT2D eigenvalue weighted by Gasteiger charge is -2.31. The van der Waals surface area contributed by atoms with Crippen molar-refractivity contribution in [3.63, 3.8) is 0 Å². The Kier molecular flexibility index (Phi) is 5.76. The van der Waals surface area contributed by atoms with Crippen molar-refractivity contribution in [1.82, 2.24) is 0 Å². The summed E-state index contributed by atoms with van der Waals surface area (Å²) >= 11 is 16.3. The Morgan fingerprint density at radius 3 is 2.19 bits per heavy atom. The van der Waals surface area contributed by atoms with Gasteiger partial charge in [0, 0.05) is 21.6 Å². The molecule has 0 saturated carbocycles. The van der Waals surface area contributed by atoms with E-state index >= 15 is 0 Å². The van der Waals surface area contributed by atoms with E-state index in [1.165, 1.54) is 22.3 Å². The monoisotopic (exact) mass is 384 g/mol. The summed E-state index contributed by atoms with van der Waals surface area (Å²) in [5, 5.41) is 0. The maximum atomic E-state index is 6.35. The van der Waals surface area contributed by atoms with Crippen LogP contribution in [0.3, 0.4) is 0 Å². The minimum absolute atomic E-state index is 0.259. The fourth-order valence-electron chi connectivity index (χ4n) is 2.56. The van der Waals surface area contributed by atoms with E-state index in [2.05, 4.69) is 54.0 Å². The van der Waals surface area contributed by atoms with Crippen LogP contribution >= 0.6 is 39.1 Å². The average Bonchev–Trinajstić information content (AvgIpc) is 2.49. The summed E-state index contributed by atoms with van der Waals surface area (Å²) in [7, 11) is 0. The molecule has 21 heavy (non-hydrogen) atoms. The molecule has 112 valence electrons. The van der Waals surface area contributed by atoms with E-state index in [1.807, 2.05) is 18.2 Å². The van der Waals surface area contributed by atoms with Crippen molar-refractivity contribution in [2.75, 3.05) is 11.8 Å². The van der Waals surface area contributed by atoms with Crippen molar-refractivity contribution < 1.29 is 0 Å². The predicted molar refractivity (Wildman–Crippen MR) is 96.9 cm³/mol. The molecule has 0 aliphatic heterocycles. The highest BCUT2D eigenvalue weighted by atomic mass is 79.9. The molecule has 0 aliphatic rings. The summed E-state index contributed by atoms with van der Waals surface area (Å²) in [6.07, 6.45) is 0.837. The van der Waals surface area contributed by atoms with Crippen LogP contribution in [-0.2, 0) is 11.8 Å². The lowest BCUT2D eigenvalue weighted by molar-refractivity contribution is 0.533. The zero-order valence-corrected chi connectivity index (χ0v) is 15.4. The molecule has 0 spiro atoms. The Balaban J connectivity index is 2.43. The molecule has 0 unspecified atom stereocenters. The van der Waals surface area contributed by atoms with Gasteiger partial charge in [-0.1, -0.05) is 52.3 Å². The minimum Gasteiger partial charge on any atom is -0.126 e. The SMILES string of the molecule is Cc1ccc(CC(CCl)(CCl)c2ccccc2Br)cc1C. The van der Waals surface area contributed by atoms with Crippen molar-refractivity contribution in [1.29, 1.82) is 0 Å². The fraction of sp³-hybridized carbons (Fsp3) is 0.333. The summed E-state index contributed by atoms with van der Waals surface area (Å²) in [6.45, 7) is 4.27. The summed E-state index contributed by atoms with van der Waals surface area (Å²) in [5.41, 5.74) is 4.80. The molecule has 0 aliphatic carbocycles. The van der Waals surface area contributed by atoms with Crippen LogP contribution in [0.15, 0.2) is 46.9 Å². The number of hydrogen-bond acceptors (Lipinski definition) is 0. The number of rotatable bonds is 5. The van der Waals surface area contributed by atoms with Gasteiger partial charge in [0.25, 0.3) is 0 Å². The van der Waals surface area contributed by atoms with Crippen LogP contribution in [0.1, 0.15) is 22.3 Å². The third-order valence-corrected chi connectivity index (χ3v) is 5.79. The van der Waals surface area contributed by atoms with Gasteiger partial charge in [-0.3, -0.25) is 0 Å². The molecule has 0 N–H and O–H groups in total. The normalized spacial score (nSPS) is 11.7. The van der Waals surface area contributed by atoms with Gasteiger partial charge in [-0.2, -0.15) is 0 Å². The molecular formula is C18H19BrCl2. The predicted octanol–water partition coefficient (Wildman–Crippen LogP) is 6.02. The number of halogens is 3.